The lowest BCUT2D eigenvalue weighted by Crippen LogP contribution is -1.97. The van der Waals surface area contributed by atoms with E-state index in [9.17, 15) is 0 Å². The summed E-state index contributed by atoms with van der Waals surface area (Å²) in [7, 11) is 0. The molecule has 0 saturated heterocycles. The molecule has 0 spiro atoms. The number of thioether (sulfide) groups is 1. The fourth-order valence-electron chi connectivity index (χ4n) is 0.937. The number of rotatable bonds is 6. The van der Waals surface area contributed by atoms with Crippen LogP contribution in [0.5, 0.6) is 0 Å². The first-order valence-electron chi connectivity index (χ1n) is 5.02. The van der Waals surface area contributed by atoms with Gasteiger partial charge in [0, 0.05) is 23.4 Å². The summed E-state index contributed by atoms with van der Waals surface area (Å²) >= 11 is 3.74. The van der Waals surface area contributed by atoms with Crippen molar-refractivity contribution in [2.45, 2.75) is 38.2 Å². The van der Waals surface area contributed by atoms with E-state index in [1.165, 1.54) is 4.88 Å². The predicted molar refractivity (Wildman–Crippen MR) is 67.3 cm³/mol. The average Bonchev–Trinajstić information content (AvgIpc) is 2.59. The molecule has 1 N–H and O–H groups in total. The Morgan fingerprint density at radius 3 is 3.00 bits per heavy atom. The Labute approximate surface area is 94.5 Å². The van der Waals surface area contributed by atoms with Gasteiger partial charge in [0.05, 0.1) is 0 Å². The molecule has 80 valence electrons. The molecule has 4 heteroatoms. The van der Waals surface area contributed by atoms with Crippen LogP contribution in [0.1, 0.15) is 32.1 Å². The Morgan fingerprint density at radius 1 is 1.57 bits per heavy atom. The van der Waals surface area contributed by atoms with Gasteiger partial charge in [0.1, 0.15) is 0 Å². The van der Waals surface area contributed by atoms with Gasteiger partial charge in [-0.3, -0.25) is 0 Å². The Morgan fingerprint density at radius 2 is 2.36 bits per heavy atom. The highest BCUT2D eigenvalue weighted by atomic mass is 32.2. The molecule has 0 aromatic carbocycles. The van der Waals surface area contributed by atoms with E-state index in [1.54, 1.807) is 11.3 Å². The summed E-state index contributed by atoms with van der Waals surface area (Å²) < 4.78 is 0. The van der Waals surface area contributed by atoms with Crippen molar-refractivity contribution >= 4 is 28.2 Å². The lowest BCUT2D eigenvalue weighted by atomic mass is 10.5. The molecule has 0 bridgehead atoms. The third-order valence-corrected chi connectivity index (χ3v) is 3.92. The van der Waals surface area contributed by atoms with Crippen LogP contribution in [0.3, 0.4) is 0 Å². The second-order valence-corrected chi connectivity index (χ2v) is 6.10. The first-order chi connectivity index (χ1) is 6.72. The normalized spacial score (nSPS) is 10.9. The van der Waals surface area contributed by atoms with Gasteiger partial charge in [-0.1, -0.05) is 20.8 Å². The minimum atomic E-state index is 0.698. The van der Waals surface area contributed by atoms with Crippen molar-refractivity contribution in [3.05, 3.63) is 11.1 Å². The molecular weight excluding hydrogens is 212 g/mol. The van der Waals surface area contributed by atoms with Crippen LogP contribution in [0, 0.1) is 0 Å². The number of hydrogen-bond donors (Lipinski definition) is 1. The van der Waals surface area contributed by atoms with E-state index in [-0.39, 0.29) is 0 Å². The molecule has 0 fully saturated rings. The van der Waals surface area contributed by atoms with Crippen molar-refractivity contribution in [3.8, 4) is 0 Å². The van der Waals surface area contributed by atoms with Crippen LogP contribution in [0.15, 0.2) is 6.20 Å². The van der Waals surface area contributed by atoms with Crippen LogP contribution in [-0.2, 0) is 5.75 Å². The van der Waals surface area contributed by atoms with Crippen molar-refractivity contribution in [1.29, 1.82) is 0 Å². The van der Waals surface area contributed by atoms with Crippen molar-refractivity contribution in [2.24, 2.45) is 0 Å². The second-order valence-electron chi connectivity index (χ2n) is 3.42. The van der Waals surface area contributed by atoms with E-state index in [0.717, 1.165) is 23.8 Å². The molecule has 1 rings (SSSR count). The van der Waals surface area contributed by atoms with Gasteiger partial charge in [0.2, 0.25) is 0 Å². The molecular formula is C10H18N2S2. The molecule has 0 atom stereocenters. The molecule has 14 heavy (non-hydrogen) atoms. The number of thiazole rings is 1. The summed E-state index contributed by atoms with van der Waals surface area (Å²) in [6.07, 6.45) is 3.13. The maximum atomic E-state index is 4.33. The molecule has 0 radical (unpaired) electrons. The van der Waals surface area contributed by atoms with Gasteiger partial charge in [-0.05, 0) is 11.7 Å². The molecule has 0 unspecified atom stereocenters. The zero-order valence-electron chi connectivity index (χ0n) is 9.04. The van der Waals surface area contributed by atoms with Crippen molar-refractivity contribution in [1.82, 2.24) is 4.98 Å². The zero-order chi connectivity index (χ0) is 10.4. The first kappa shape index (κ1) is 11.9. The number of anilines is 1. The van der Waals surface area contributed by atoms with Crippen LogP contribution < -0.4 is 5.32 Å². The SMILES string of the molecule is CCCNc1ncc(CSC(C)C)s1. The topological polar surface area (TPSA) is 24.9 Å². The Bertz CT molecular complexity index is 258. The Balaban J connectivity index is 2.35. The number of aromatic nitrogens is 1. The fourth-order valence-corrected chi connectivity index (χ4v) is 2.58. The summed E-state index contributed by atoms with van der Waals surface area (Å²) in [4.78, 5) is 5.69. The molecule has 1 aromatic heterocycles. The number of hydrogen-bond acceptors (Lipinski definition) is 4. The van der Waals surface area contributed by atoms with E-state index in [0.29, 0.717) is 5.25 Å². The van der Waals surface area contributed by atoms with Crippen LogP contribution in [0.25, 0.3) is 0 Å². The van der Waals surface area contributed by atoms with E-state index in [2.05, 4.69) is 31.1 Å². The summed E-state index contributed by atoms with van der Waals surface area (Å²) in [5.74, 6) is 1.09. The van der Waals surface area contributed by atoms with Gasteiger partial charge in [0.15, 0.2) is 5.13 Å². The lowest BCUT2D eigenvalue weighted by Gasteiger charge is -2.01. The van der Waals surface area contributed by atoms with Crippen LogP contribution >= 0.6 is 23.1 Å². The average molecular weight is 230 g/mol. The summed E-state index contributed by atoms with van der Waals surface area (Å²) in [6, 6.07) is 0. The molecule has 0 amide bonds. The second kappa shape index (κ2) is 6.30. The highest BCUT2D eigenvalue weighted by Crippen LogP contribution is 2.24. The number of nitrogens with zero attached hydrogens (tertiary/aromatic N) is 1. The summed E-state index contributed by atoms with van der Waals surface area (Å²) in [5, 5.41) is 5.06. The van der Waals surface area contributed by atoms with Crippen LogP contribution in [0.2, 0.25) is 0 Å². The molecule has 0 saturated carbocycles. The van der Waals surface area contributed by atoms with E-state index in [1.807, 2.05) is 18.0 Å². The molecule has 1 heterocycles. The lowest BCUT2D eigenvalue weighted by molar-refractivity contribution is 0.976. The van der Waals surface area contributed by atoms with Crippen molar-refractivity contribution < 1.29 is 0 Å². The van der Waals surface area contributed by atoms with Crippen LogP contribution in [0.4, 0.5) is 5.13 Å². The quantitative estimate of drug-likeness (QED) is 0.808. The van der Waals surface area contributed by atoms with Gasteiger partial charge < -0.3 is 5.32 Å². The molecule has 0 aliphatic heterocycles. The highest BCUT2D eigenvalue weighted by Gasteiger charge is 2.02. The van der Waals surface area contributed by atoms with Gasteiger partial charge in [-0.15, -0.1) is 11.3 Å². The third kappa shape index (κ3) is 4.33. The van der Waals surface area contributed by atoms with E-state index < -0.39 is 0 Å². The van der Waals surface area contributed by atoms with Crippen molar-refractivity contribution in [3.63, 3.8) is 0 Å². The van der Waals surface area contributed by atoms with E-state index in [4.69, 9.17) is 0 Å². The number of nitrogens with one attached hydrogen (secondary N) is 1. The van der Waals surface area contributed by atoms with Gasteiger partial charge in [-0.25, -0.2) is 4.98 Å². The maximum Gasteiger partial charge on any atom is 0.182 e. The van der Waals surface area contributed by atoms with E-state index >= 15 is 0 Å². The predicted octanol–water partition coefficient (Wildman–Crippen LogP) is 3.61. The maximum absolute atomic E-state index is 4.33. The van der Waals surface area contributed by atoms with Crippen LogP contribution in [-0.4, -0.2) is 16.8 Å². The van der Waals surface area contributed by atoms with Gasteiger partial charge in [0.25, 0.3) is 0 Å². The molecule has 0 aliphatic rings. The minimum absolute atomic E-state index is 0.698. The standard InChI is InChI=1S/C10H18N2S2/c1-4-5-11-10-12-6-9(14-10)7-13-8(2)3/h6,8H,4-5,7H2,1-3H3,(H,11,12). The third-order valence-electron chi connectivity index (χ3n) is 1.64. The molecule has 1 aromatic rings. The highest BCUT2D eigenvalue weighted by molar-refractivity contribution is 7.99. The Hall–Kier alpha value is -0.220. The summed E-state index contributed by atoms with van der Waals surface area (Å²) in [6.45, 7) is 7.63. The first-order valence-corrected chi connectivity index (χ1v) is 6.89. The van der Waals surface area contributed by atoms with Crippen molar-refractivity contribution in [2.75, 3.05) is 11.9 Å². The summed E-state index contributed by atoms with van der Waals surface area (Å²) in [5.41, 5.74) is 0. The monoisotopic (exact) mass is 230 g/mol. The largest absolute Gasteiger partial charge is 0.362 e. The molecule has 0 aliphatic carbocycles. The minimum Gasteiger partial charge on any atom is -0.362 e. The van der Waals surface area contributed by atoms with Gasteiger partial charge >= 0.3 is 0 Å². The van der Waals surface area contributed by atoms with Gasteiger partial charge in [-0.2, -0.15) is 11.8 Å². The zero-order valence-corrected chi connectivity index (χ0v) is 10.7. The fraction of sp³-hybridized carbons (Fsp3) is 0.700. The smallest absolute Gasteiger partial charge is 0.182 e. The molecule has 2 nitrogen and oxygen atoms in total. The Kier molecular flexibility index (Phi) is 5.33.